The van der Waals surface area contributed by atoms with Crippen molar-refractivity contribution in [2.75, 3.05) is 27.8 Å². The van der Waals surface area contributed by atoms with E-state index in [1.807, 2.05) is 0 Å². The predicted octanol–water partition coefficient (Wildman–Crippen LogP) is 0.356. The molecule has 0 spiro atoms. The molecule has 5 heteroatoms. The van der Waals surface area contributed by atoms with Crippen LogP contribution >= 0.6 is 0 Å². The molecule has 0 saturated carbocycles. The van der Waals surface area contributed by atoms with Gasteiger partial charge in [0.05, 0.1) is 6.04 Å². The standard InChI is InChI=1S/C11H24N2O3/c1-8(2)6-9(11(14)12-3)13-7-10(15-4)16-5/h8-10,13H,6-7H2,1-5H3,(H,12,14). The molecule has 0 bridgehead atoms. The summed E-state index contributed by atoms with van der Waals surface area (Å²) in [6, 6.07) is -0.196. The first kappa shape index (κ1) is 15.3. The van der Waals surface area contributed by atoms with Crippen molar-refractivity contribution >= 4 is 5.91 Å². The second-order valence-corrected chi connectivity index (χ2v) is 4.11. The molecule has 5 nitrogen and oxygen atoms in total. The highest BCUT2D eigenvalue weighted by Gasteiger charge is 2.19. The topological polar surface area (TPSA) is 59.6 Å². The summed E-state index contributed by atoms with van der Waals surface area (Å²) < 4.78 is 10.1. The van der Waals surface area contributed by atoms with E-state index < -0.39 is 0 Å². The molecule has 0 aromatic carbocycles. The minimum absolute atomic E-state index is 0.000318. The fourth-order valence-corrected chi connectivity index (χ4v) is 1.43. The van der Waals surface area contributed by atoms with Crippen molar-refractivity contribution in [3.63, 3.8) is 0 Å². The number of carbonyl (C=O) groups is 1. The summed E-state index contributed by atoms with van der Waals surface area (Å²) in [5, 5.41) is 5.79. The predicted molar refractivity (Wildman–Crippen MR) is 63.1 cm³/mol. The number of likely N-dealkylation sites (N-methyl/N-ethyl adjacent to an activating group) is 1. The Hall–Kier alpha value is -0.650. The molecule has 0 aliphatic carbocycles. The first-order valence-corrected chi connectivity index (χ1v) is 5.55. The van der Waals surface area contributed by atoms with E-state index in [9.17, 15) is 4.79 Å². The van der Waals surface area contributed by atoms with Crippen molar-refractivity contribution in [2.24, 2.45) is 5.92 Å². The third-order valence-corrected chi connectivity index (χ3v) is 2.33. The van der Waals surface area contributed by atoms with Crippen LogP contribution < -0.4 is 10.6 Å². The van der Waals surface area contributed by atoms with E-state index in [0.29, 0.717) is 12.5 Å². The maximum absolute atomic E-state index is 11.6. The number of hydrogen-bond donors (Lipinski definition) is 2. The van der Waals surface area contributed by atoms with E-state index in [0.717, 1.165) is 6.42 Å². The molecule has 2 N–H and O–H groups in total. The zero-order chi connectivity index (χ0) is 12.6. The molecular formula is C11H24N2O3. The Morgan fingerprint density at radius 1 is 1.25 bits per heavy atom. The summed E-state index contributed by atoms with van der Waals surface area (Å²) in [5.41, 5.74) is 0. The molecule has 0 rings (SSSR count). The van der Waals surface area contributed by atoms with Crippen LogP contribution in [0.1, 0.15) is 20.3 Å². The Morgan fingerprint density at radius 3 is 2.19 bits per heavy atom. The molecule has 0 aromatic heterocycles. The van der Waals surface area contributed by atoms with Crippen LogP contribution in [0.15, 0.2) is 0 Å². The molecule has 0 radical (unpaired) electrons. The molecule has 96 valence electrons. The van der Waals surface area contributed by atoms with E-state index in [1.54, 1.807) is 21.3 Å². The van der Waals surface area contributed by atoms with Crippen LogP contribution in [-0.4, -0.2) is 46.1 Å². The maximum atomic E-state index is 11.6. The van der Waals surface area contributed by atoms with Crippen LogP contribution in [0, 0.1) is 5.92 Å². The number of ether oxygens (including phenoxy) is 2. The summed E-state index contributed by atoms with van der Waals surface area (Å²) in [4.78, 5) is 11.6. The monoisotopic (exact) mass is 232 g/mol. The maximum Gasteiger partial charge on any atom is 0.236 e. The highest BCUT2D eigenvalue weighted by Crippen LogP contribution is 2.05. The van der Waals surface area contributed by atoms with E-state index in [4.69, 9.17) is 9.47 Å². The molecule has 1 atom stereocenters. The zero-order valence-electron chi connectivity index (χ0n) is 10.9. The number of methoxy groups -OCH3 is 2. The van der Waals surface area contributed by atoms with Crippen molar-refractivity contribution in [2.45, 2.75) is 32.6 Å². The van der Waals surface area contributed by atoms with Crippen molar-refractivity contribution in [1.82, 2.24) is 10.6 Å². The fourth-order valence-electron chi connectivity index (χ4n) is 1.43. The van der Waals surface area contributed by atoms with Gasteiger partial charge in [0, 0.05) is 27.8 Å². The largest absolute Gasteiger partial charge is 0.358 e. The van der Waals surface area contributed by atoms with Crippen LogP contribution in [0.25, 0.3) is 0 Å². The molecule has 0 aromatic rings. The normalized spacial score (nSPS) is 13.2. The number of hydrogen-bond acceptors (Lipinski definition) is 4. The van der Waals surface area contributed by atoms with Gasteiger partial charge >= 0.3 is 0 Å². The first-order valence-electron chi connectivity index (χ1n) is 5.55. The summed E-state index contributed by atoms with van der Waals surface area (Å²) >= 11 is 0. The van der Waals surface area contributed by atoms with Gasteiger partial charge in [-0.25, -0.2) is 0 Å². The summed E-state index contributed by atoms with van der Waals surface area (Å²) in [6.07, 6.45) is 0.471. The smallest absolute Gasteiger partial charge is 0.236 e. The number of rotatable bonds is 8. The van der Waals surface area contributed by atoms with Gasteiger partial charge in [-0.3, -0.25) is 4.79 Å². The summed E-state index contributed by atoms with van der Waals surface area (Å²) in [6.45, 7) is 4.67. The highest BCUT2D eigenvalue weighted by atomic mass is 16.7. The molecule has 0 fully saturated rings. The van der Waals surface area contributed by atoms with Gasteiger partial charge in [-0.15, -0.1) is 0 Å². The van der Waals surface area contributed by atoms with Crippen molar-refractivity contribution in [3.8, 4) is 0 Å². The van der Waals surface area contributed by atoms with Crippen LogP contribution in [0.4, 0.5) is 0 Å². The molecule has 0 saturated heterocycles. The van der Waals surface area contributed by atoms with Crippen molar-refractivity contribution < 1.29 is 14.3 Å². The fraction of sp³-hybridized carbons (Fsp3) is 0.909. The van der Waals surface area contributed by atoms with E-state index >= 15 is 0 Å². The van der Waals surface area contributed by atoms with Crippen LogP contribution in [0.3, 0.4) is 0 Å². The number of nitrogens with one attached hydrogen (secondary N) is 2. The molecule has 16 heavy (non-hydrogen) atoms. The molecule has 1 unspecified atom stereocenters. The van der Waals surface area contributed by atoms with Crippen molar-refractivity contribution in [3.05, 3.63) is 0 Å². The van der Waals surface area contributed by atoms with Gasteiger partial charge in [-0.2, -0.15) is 0 Å². The Balaban J connectivity index is 4.15. The highest BCUT2D eigenvalue weighted by molar-refractivity contribution is 5.81. The Morgan fingerprint density at radius 2 is 1.81 bits per heavy atom. The first-order chi connectivity index (χ1) is 7.54. The molecule has 0 heterocycles. The van der Waals surface area contributed by atoms with Crippen LogP contribution in [0.5, 0.6) is 0 Å². The minimum atomic E-state index is -0.320. The molecule has 1 amide bonds. The molecule has 0 aliphatic rings. The minimum Gasteiger partial charge on any atom is -0.358 e. The van der Waals surface area contributed by atoms with Gasteiger partial charge < -0.3 is 20.1 Å². The molecular weight excluding hydrogens is 208 g/mol. The SMILES string of the molecule is CNC(=O)C(CC(C)C)NCC(OC)OC. The molecule has 0 aliphatic heterocycles. The Kier molecular flexibility index (Phi) is 8.15. The van der Waals surface area contributed by atoms with Gasteiger partial charge in [-0.05, 0) is 12.3 Å². The van der Waals surface area contributed by atoms with E-state index in [1.165, 1.54) is 0 Å². The van der Waals surface area contributed by atoms with Gasteiger partial charge in [-0.1, -0.05) is 13.8 Å². The lowest BCUT2D eigenvalue weighted by Gasteiger charge is -2.21. The van der Waals surface area contributed by atoms with E-state index in [-0.39, 0.29) is 18.2 Å². The average molecular weight is 232 g/mol. The van der Waals surface area contributed by atoms with Gasteiger partial charge in [0.25, 0.3) is 0 Å². The third kappa shape index (κ3) is 6.05. The number of amides is 1. The summed E-state index contributed by atoms with van der Waals surface area (Å²) in [7, 11) is 4.79. The van der Waals surface area contributed by atoms with E-state index in [2.05, 4.69) is 24.5 Å². The summed E-state index contributed by atoms with van der Waals surface area (Å²) in [5.74, 6) is 0.456. The third-order valence-electron chi connectivity index (χ3n) is 2.33. The zero-order valence-corrected chi connectivity index (χ0v) is 10.9. The Labute approximate surface area is 97.9 Å². The van der Waals surface area contributed by atoms with Gasteiger partial charge in [0.1, 0.15) is 0 Å². The second-order valence-electron chi connectivity index (χ2n) is 4.11. The van der Waals surface area contributed by atoms with Crippen LogP contribution in [0.2, 0.25) is 0 Å². The van der Waals surface area contributed by atoms with Gasteiger partial charge in [0.15, 0.2) is 6.29 Å². The Bertz CT molecular complexity index is 194. The second kappa shape index (κ2) is 8.50. The lowest BCUT2D eigenvalue weighted by Crippen LogP contribution is -2.46. The van der Waals surface area contributed by atoms with Crippen molar-refractivity contribution in [1.29, 1.82) is 0 Å². The lowest BCUT2D eigenvalue weighted by atomic mass is 10.0. The average Bonchev–Trinajstić information content (AvgIpc) is 2.27. The van der Waals surface area contributed by atoms with Crippen LogP contribution in [-0.2, 0) is 14.3 Å². The quantitative estimate of drug-likeness (QED) is 0.593. The lowest BCUT2D eigenvalue weighted by molar-refractivity contribution is -0.125. The number of carbonyl (C=O) groups excluding carboxylic acids is 1. The van der Waals surface area contributed by atoms with Gasteiger partial charge in [0.2, 0.25) is 5.91 Å².